The molecule has 1 fully saturated rings. The summed E-state index contributed by atoms with van der Waals surface area (Å²) in [6.07, 6.45) is 6.84. The maximum atomic E-state index is 3.75. The molecule has 1 aromatic rings. The molecule has 0 bridgehead atoms. The average molecular weight is 279 g/mol. The van der Waals surface area contributed by atoms with E-state index >= 15 is 0 Å². The van der Waals surface area contributed by atoms with E-state index in [1.165, 1.54) is 41.9 Å². The molecule has 1 aromatic heterocycles. The van der Waals surface area contributed by atoms with Gasteiger partial charge in [-0.2, -0.15) is 0 Å². The van der Waals surface area contributed by atoms with Gasteiger partial charge >= 0.3 is 0 Å². The minimum atomic E-state index is 0.538. The second-order valence-electron chi connectivity index (χ2n) is 6.78. The molecule has 1 aliphatic carbocycles. The zero-order chi connectivity index (χ0) is 13.9. The van der Waals surface area contributed by atoms with Gasteiger partial charge in [0.25, 0.3) is 0 Å². The number of thiophene rings is 1. The Kier molecular flexibility index (Phi) is 5.08. The molecule has 0 spiro atoms. The van der Waals surface area contributed by atoms with Crippen LogP contribution >= 0.6 is 11.3 Å². The van der Waals surface area contributed by atoms with Crippen molar-refractivity contribution in [1.29, 1.82) is 0 Å². The number of hydrogen-bond donors (Lipinski definition) is 1. The van der Waals surface area contributed by atoms with Gasteiger partial charge < -0.3 is 5.32 Å². The molecule has 0 unspecified atom stereocenters. The van der Waals surface area contributed by atoms with Crippen molar-refractivity contribution in [2.75, 3.05) is 0 Å². The van der Waals surface area contributed by atoms with Gasteiger partial charge in [0.05, 0.1) is 0 Å². The average Bonchev–Trinajstić information content (AvgIpc) is 2.83. The summed E-state index contributed by atoms with van der Waals surface area (Å²) in [4.78, 5) is 2.90. The normalized spacial score (nSPS) is 24.6. The molecule has 0 aromatic carbocycles. The Morgan fingerprint density at radius 3 is 2.42 bits per heavy atom. The van der Waals surface area contributed by atoms with Crippen molar-refractivity contribution < 1.29 is 0 Å². The van der Waals surface area contributed by atoms with Crippen LogP contribution in [0.3, 0.4) is 0 Å². The Balaban J connectivity index is 1.74. The molecule has 108 valence electrons. The monoisotopic (exact) mass is 279 g/mol. The summed E-state index contributed by atoms with van der Waals surface area (Å²) in [5, 5.41) is 3.75. The summed E-state index contributed by atoms with van der Waals surface area (Å²) in [6.45, 7) is 10.5. The Morgan fingerprint density at radius 2 is 1.89 bits per heavy atom. The Labute approximate surface area is 122 Å². The van der Waals surface area contributed by atoms with Crippen molar-refractivity contribution in [2.24, 2.45) is 11.3 Å². The van der Waals surface area contributed by atoms with Crippen molar-refractivity contribution in [3.05, 3.63) is 21.9 Å². The van der Waals surface area contributed by atoms with Crippen LogP contribution in [0.4, 0.5) is 0 Å². The highest BCUT2D eigenvalue weighted by molar-refractivity contribution is 7.11. The predicted octanol–water partition coefficient (Wildman–Crippen LogP) is 5.14. The topological polar surface area (TPSA) is 12.0 Å². The molecule has 1 N–H and O–H groups in total. The van der Waals surface area contributed by atoms with E-state index in [1.54, 1.807) is 0 Å². The van der Waals surface area contributed by atoms with Crippen LogP contribution in [-0.2, 0) is 6.54 Å². The zero-order valence-electron chi connectivity index (χ0n) is 13.0. The molecule has 0 aliphatic heterocycles. The Hall–Kier alpha value is -0.340. The van der Waals surface area contributed by atoms with Crippen LogP contribution in [0, 0.1) is 18.3 Å². The van der Waals surface area contributed by atoms with E-state index in [2.05, 4.69) is 45.1 Å². The standard InChI is InChI=1S/C17H29NS/c1-5-17(3,4)14-7-9-15(10-8-14)18-12-16-11-6-13(2)19-16/h6,11,14-15,18H,5,7-10,12H2,1-4H3. The van der Waals surface area contributed by atoms with Gasteiger partial charge in [0.1, 0.15) is 0 Å². The number of rotatable bonds is 5. The van der Waals surface area contributed by atoms with Crippen molar-refractivity contribution >= 4 is 11.3 Å². The first kappa shape index (κ1) is 15.1. The molecule has 2 heteroatoms. The van der Waals surface area contributed by atoms with Gasteiger partial charge in [-0.05, 0) is 56.1 Å². The fourth-order valence-electron chi connectivity index (χ4n) is 3.19. The lowest BCUT2D eigenvalue weighted by Crippen LogP contribution is -2.36. The van der Waals surface area contributed by atoms with Gasteiger partial charge in [0, 0.05) is 22.3 Å². The lowest BCUT2D eigenvalue weighted by Gasteiger charge is -2.39. The SMILES string of the molecule is CCC(C)(C)C1CCC(NCc2ccc(C)s2)CC1. The first-order valence-corrected chi connectivity index (χ1v) is 8.61. The fourth-order valence-corrected chi connectivity index (χ4v) is 4.03. The molecular formula is C17H29NS. The third-order valence-corrected chi connectivity index (χ3v) is 6.11. The van der Waals surface area contributed by atoms with Crippen molar-refractivity contribution in [2.45, 2.75) is 72.4 Å². The van der Waals surface area contributed by atoms with Gasteiger partial charge in [-0.15, -0.1) is 11.3 Å². The molecule has 0 atom stereocenters. The van der Waals surface area contributed by atoms with Crippen LogP contribution in [-0.4, -0.2) is 6.04 Å². The first-order valence-electron chi connectivity index (χ1n) is 7.80. The number of aryl methyl sites for hydroxylation is 1. The minimum Gasteiger partial charge on any atom is -0.309 e. The molecule has 19 heavy (non-hydrogen) atoms. The molecule has 1 nitrogen and oxygen atoms in total. The first-order chi connectivity index (χ1) is 9.01. The van der Waals surface area contributed by atoms with E-state index in [-0.39, 0.29) is 0 Å². The summed E-state index contributed by atoms with van der Waals surface area (Å²) in [5.41, 5.74) is 0.538. The summed E-state index contributed by atoms with van der Waals surface area (Å²) >= 11 is 1.92. The second kappa shape index (κ2) is 6.41. The van der Waals surface area contributed by atoms with Crippen molar-refractivity contribution in [1.82, 2.24) is 5.32 Å². The van der Waals surface area contributed by atoms with E-state index in [0.717, 1.165) is 18.5 Å². The number of nitrogens with one attached hydrogen (secondary N) is 1. The lowest BCUT2D eigenvalue weighted by atomic mass is 9.69. The molecule has 2 rings (SSSR count). The molecule has 1 saturated carbocycles. The fraction of sp³-hybridized carbons (Fsp3) is 0.765. The van der Waals surface area contributed by atoms with Crippen LogP contribution in [0.1, 0.15) is 62.6 Å². The van der Waals surface area contributed by atoms with Gasteiger partial charge in [-0.25, -0.2) is 0 Å². The molecule has 1 heterocycles. The van der Waals surface area contributed by atoms with Crippen LogP contribution in [0.15, 0.2) is 12.1 Å². The van der Waals surface area contributed by atoms with Crippen LogP contribution < -0.4 is 5.32 Å². The minimum absolute atomic E-state index is 0.538. The lowest BCUT2D eigenvalue weighted by molar-refractivity contribution is 0.137. The van der Waals surface area contributed by atoms with Gasteiger partial charge in [0.2, 0.25) is 0 Å². The van der Waals surface area contributed by atoms with Crippen molar-refractivity contribution in [3.8, 4) is 0 Å². The van der Waals surface area contributed by atoms with E-state index in [9.17, 15) is 0 Å². The summed E-state index contributed by atoms with van der Waals surface area (Å²) < 4.78 is 0. The van der Waals surface area contributed by atoms with Gasteiger partial charge in [-0.3, -0.25) is 0 Å². The van der Waals surface area contributed by atoms with Crippen LogP contribution in [0.5, 0.6) is 0 Å². The summed E-state index contributed by atoms with van der Waals surface area (Å²) in [7, 11) is 0. The smallest absolute Gasteiger partial charge is 0.0302 e. The van der Waals surface area contributed by atoms with Crippen LogP contribution in [0.25, 0.3) is 0 Å². The highest BCUT2D eigenvalue weighted by Gasteiger charge is 2.31. The maximum Gasteiger partial charge on any atom is 0.0302 e. The summed E-state index contributed by atoms with van der Waals surface area (Å²) in [5.74, 6) is 0.930. The zero-order valence-corrected chi connectivity index (χ0v) is 13.8. The molecule has 1 aliphatic rings. The predicted molar refractivity (Wildman–Crippen MR) is 85.7 cm³/mol. The number of hydrogen-bond acceptors (Lipinski definition) is 2. The largest absolute Gasteiger partial charge is 0.309 e. The van der Waals surface area contributed by atoms with E-state index in [1.807, 2.05) is 11.3 Å². The van der Waals surface area contributed by atoms with E-state index in [4.69, 9.17) is 0 Å². The summed E-state index contributed by atoms with van der Waals surface area (Å²) in [6, 6.07) is 5.23. The van der Waals surface area contributed by atoms with Crippen molar-refractivity contribution in [3.63, 3.8) is 0 Å². The highest BCUT2D eigenvalue weighted by Crippen LogP contribution is 2.40. The van der Waals surface area contributed by atoms with Gasteiger partial charge in [0.15, 0.2) is 0 Å². The third kappa shape index (κ3) is 4.06. The quantitative estimate of drug-likeness (QED) is 0.787. The highest BCUT2D eigenvalue weighted by atomic mass is 32.1. The Bertz CT molecular complexity index is 386. The molecule has 0 saturated heterocycles. The third-order valence-electron chi connectivity index (χ3n) is 5.10. The van der Waals surface area contributed by atoms with Gasteiger partial charge in [-0.1, -0.05) is 27.2 Å². The molecule has 0 radical (unpaired) electrons. The maximum absolute atomic E-state index is 3.75. The molecular weight excluding hydrogens is 250 g/mol. The Morgan fingerprint density at radius 1 is 1.21 bits per heavy atom. The molecule has 0 amide bonds. The van der Waals surface area contributed by atoms with E-state index < -0.39 is 0 Å². The van der Waals surface area contributed by atoms with E-state index in [0.29, 0.717) is 5.41 Å². The van der Waals surface area contributed by atoms with Crippen LogP contribution in [0.2, 0.25) is 0 Å². The second-order valence-corrected chi connectivity index (χ2v) is 8.16.